The smallest absolute Gasteiger partial charge is 0.0540 e. The van der Waals surface area contributed by atoms with Gasteiger partial charge in [0.1, 0.15) is 0 Å². The molecule has 8 aromatic rings. The van der Waals surface area contributed by atoms with Crippen LogP contribution in [0.1, 0.15) is 49.9 Å². The first-order valence-electron chi connectivity index (χ1n) is 19.4. The minimum absolute atomic E-state index is 0.103. The number of anilines is 3. The van der Waals surface area contributed by atoms with Crippen molar-refractivity contribution in [1.29, 1.82) is 0 Å². The lowest BCUT2D eigenvalue weighted by atomic mass is 9.81. The number of nitrogens with zero attached hydrogens (tertiary/aromatic N) is 1. The van der Waals surface area contributed by atoms with Gasteiger partial charge in [-0.25, -0.2) is 0 Å². The molecule has 0 radical (unpaired) electrons. The second-order valence-electron chi connectivity index (χ2n) is 16.2. The summed E-state index contributed by atoms with van der Waals surface area (Å²) in [6, 6.07) is 69.5. The van der Waals surface area contributed by atoms with Gasteiger partial charge in [-0.1, -0.05) is 179 Å². The number of benzene rings is 8. The van der Waals surface area contributed by atoms with Crippen molar-refractivity contribution >= 4 is 17.1 Å². The molecular weight excluding hydrogens is 663 g/mol. The van der Waals surface area contributed by atoms with E-state index in [0.29, 0.717) is 0 Å². The lowest BCUT2D eigenvalue weighted by Crippen LogP contribution is -2.18. The fourth-order valence-electron chi connectivity index (χ4n) is 9.32. The predicted molar refractivity (Wildman–Crippen MR) is 233 cm³/mol. The van der Waals surface area contributed by atoms with Gasteiger partial charge in [-0.2, -0.15) is 0 Å². The molecule has 264 valence electrons. The van der Waals surface area contributed by atoms with Crippen LogP contribution in [0.4, 0.5) is 17.1 Å². The van der Waals surface area contributed by atoms with Crippen molar-refractivity contribution in [2.75, 3.05) is 4.90 Å². The van der Waals surface area contributed by atoms with E-state index in [1.54, 1.807) is 0 Å². The number of hydrogen-bond acceptors (Lipinski definition) is 1. The van der Waals surface area contributed by atoms with Gasteiger partial charge in [-0.15, -0.1) is 0 Å². The molecule has 1 nitrogen and oxygen atoms in total. The van der Waals surface area contributed by atoms with Crippen LogP contribution in [-0.2, 0) is 10.8 Å². The van der Waals surface area contributed by atoms with E-state index in [1.165, 1.54) is 77.9 Å². The first kappa shape index (κ1) is 33.2. The molecule has 0 heterocycles. The van der Waals surface area contributed by atoms with Crippen molar-refractivity contribution in [2.24, 2.45) is 0 Å². The molecule has 0 spiro atoms. The maximum absolute atomic E-state index is 2.49. The van der Waals surface area contributed by atoms with Crippen LogP contribution in [0.2, 0.25) is 0 Å². The summed E-state index contributed by atoms with van der Waals surface area (Å²) >= 11 is 0. The second-order valence-corrected chi connectivity index (χ2v) is 16.2. The molecule has 0 aliphatic heterocycles. The van der Waals surface area contributed by atoms with Gasteiger partial charge in [0.15, 0.2) is 0 Å². The van der Waals surface area contributed by atoms with Crippen LogP contribution in [0, 0.1) is 0 Å². The molecule has 0 atom stereocenters. The molecule has 10 rings (SSSR count). The van der Waals surface area contributed by atoms with Crippen LogP contribution < -0.4 is 4.90 Å². The maximum atomic E-state index is 2.49. The van der Waals surface area contributed by atoms with E-state index >= 15 is 0 Å². The third-order valence-corrected chi connectivity index (χ3v) is 12.3. The Kier molecular flexibility index (Phi) is 7.58. The molecule has 0 fully saturated rings. The first-order chi connectivity index (χ1) is 26.8. The summed E-state index contributed by atoms with van der Waals surface area (Å²) in [5, 5.41) is 0. The number of rotatable bonds is 6. The molecule has 0 bridgehead atoms. The molecule has 1 heteroatoms. The zero-order chi connectivity index (χ0) is 37.3. The first-order valence-corrected chi connectivity index (χ1v) is 19.4. The molecule has 2 aliphatic carbocycles. The predicted octanol–water partition coefficient (Wildman–Crippen LogP) is 14.8. The van der Waals surface area contributed by atoms with Gasteiger partial charge in [0.25, 0.3) is 0 Å². The van der Waals surface area contributed by atoms with E-state index in [-0.39, 0.29) is 10.8 Å². The van der Waals surface area contributed by atoms with Crippen LogP contribution in [0.25, 0.3) is 55.6 Å². The summed E-state index contributed by atoms with van der Waals surface area (Å²) in [7, 11) is 0. The van der Waals surface area contributed by atoms with E-state index in [4.69, 9.17) is 0 Å². The minimum Gasteiger partial charge on any atom is -0.310 e. The van der Waals surface area contributed by atoms with Crippen LogP contribution in [0.5, 0.6) is 0 Å². The van der Waals surface area contributed by atoms with E-state index in [1.807, 2.05) is 0 Å². The Morgan fingerprint density at radius 3 is 1.31 bits per heavy atom. The fraction of sp³-hybridized carbons (Fsp3) is 0.111. The summed E-state index contributed by atoms with van der Waals surface area (Å²) in [6.45, 7) is 9.51. The zero-order valence-electron chi connectivity index (χ0n) is 31.8. The van der Waals surface area contributed by atoms with Gasteiger partial charge in [0.05, 0.1) is 5.69 Å². The Balaban J connectivity index is 1.09. The Morgan fingerprint density at radius 1 is 0.291 bits per heavy atom. The van der Waals surface area contributed by atoms with Gasteiger partial charge in [-0.05, 0) is 109 Å². The van der Waals surface area contributed by atoms with Crippen LogP contribution in [-0.4, -0.2) is 0 Å². The third kappa shape index (κ3) is 5.29. The summed E-state index contributed by atoms with van der Waals surface area (Å²) in [6.07, 6.45) is 0. The molecule has 0 saturated heterocycles. The molecule has 8 aromatic carbocycles. The topological polar surface area (TPSA) is 3.24 Å². The molecule has 0 unspecified atom stereocenters. The molecule has 2 aliphatic rings. The highest BCUT2D eigenvalue weighted by Crippen LogP contribution is 2.54. The standard InChI is InChI=1S/C54H43N/c1-53(2)48-21-13-11-20-44(48)46-31-28-41(34-50(46)53)55(52-22-14-12-19-43(52)39-17-9-6-10-18-39)42-29-32-47-45-30-27-40(33-49(45)54(3,4)51(47)35-42)38-25-23-37(24-26-38)36-15-7-5-8-16-36/h5-35H,1-4H3. The van der Waals surface area contributed by atoms with Gasteiger partial charge in [-0.3, -0.25) is 0 Å². The van der Waals surface area contributed by atoms with Crippen molar-refractivity contribution in [2.45, 2.75) is 38.5 Å². The highest BCUT2D eigenvalue weighted by molar-refractivity contribution is 5.93. The summed E-state index contributed by atoms with van der Waals surface area (Å²) < 4.78 is 0. The van der Waals surface area contributed by atoms with Crippen LogP contribution in [0.3, 0.4) is 0 Å². The Bertz CT molecular complexity index is 2740. The van der Waals surface area contributed by atoms with Crippen LogP contribution in [0.15, 0.2) is 188 Å². The molecule has 0 saturated carbocycles. The highest BCUT2D eigenvalue weighted by Gasteiger charge is 2.38. The number of fused-ring (bicyclic) bond motifs is 6. The minimum atomic E-state index is -0.188. The lowest BCUT2D eigenvalue weighted by Gasteiger charge is -2.31. The van der Waals surface area contributed by atoms with E-state index in [2.05, 4.69) is 221 Å². The molecule has 55 heavy (non-hydrogen) atoms. The zero-order valence-corrected chi connectivity index (χ0v) is 31.8. The van der Waals surface area contributed by atoms with Gasteiger partial charge in [0.2, 0.25) is 0 Å². The van der Waals surface area contributed by atoms with E-state index in [0.717, 1.165) is 17.1 Å². The third-order valence-electron chi connectivity index (χ3n) is 12.3. The van der Waals surface area contributed by atoms with E-state index in [9.17, 15) is 0 Å². The van der Waals surface area contributed by atoms with Crippen molar-refractivity contribution in [1.82, 2.24) is 0 Å². The quantitative estimate of drug-likeness (QED) is 0.166. The second kappa shape index (κ2) is 12.6. The maximum Gasteiger partial charge on any atom is 0.0540 e. The molecule has 0 aromatic heterocycles. The average molecular weight is 706 g/mol. The van der Waals surface area contributed by atoms with Gasteiger partial charge in [0, 0.05) is 27.8 Å². The normalized spacial score (nSPS) is 14.1. The summed E-state index contributed by atoms with van der Waals surface area (Å²) in [4.78, 5) is 2.49. The molecule has 0 amide bonds. The van der Waals surface area contributed by atoms with Crippen LogP contribution >= 0.6 is 0 Å². The molecular formula is C54H43N. The average Bonchev–Trinajstić information content (AvgIpc) is 3.60. The van der Waals surface area contributed by atoms with Gasteiger partial charge < -0.3 is 4.90 Å². The SMILES string of the molecule is CC1(C)c2ccccc2-c2ccc(N(c3ccc4c(c3)C(C)(C)c3cc(-c5ccc(-c6ccccc6)cc5)ccc3-4)c3ccccc3-c3ccccc3)cc21. The molecule has 0 N–H and O–H groups in total. The highest BCUT2D eigenvalue weighted by atomic mass is 15.1. The van der Waals surface area contributed by atoms with Crippen molar-refractivity contribution in [3.8, 4) is 55.6 Å². The van der Waals surface area contributed by atoms with Crippen molar-refractivity contribution in [3.05, 3.63) is 210 Å². The number of para-hydroxylation sites is 1. The summed E-state index contributed by atoms with van der Waals surface area (Å²) in [5.41, 5.74) is 21.4. The van der Waals surface area contributed by atoms with Crippen molar-refractivity contribution in [3.63, 3.8) is 0 Å². The fourth-order valence-corrected chi connectivity index (χ4v) is 9.32. The van der Waals surface area contributed by atoms with Crippen molar-refractivity contribution < 1.29 is 0 Å². The Labute approximate surface area is 325 Å². The Hall–Kier alpha value is -6.44. The number of hydrogen-bond donors (Lipinski definition) is 0. The Morgan fingerprint density at radius 2 is 0.691 bits per heavy atom. The summed E-state index contributed by atoms with van der Waals surface area (Å²) in [5.74, 6) is 0. The van der Waals surface area contributed by atoms with E-state index < -0.39 is 0 Å². The largest absolute Gasteiger partial charge is 0.310 e. The lowest BCUT2D eigenvalue weighted by molar-refractivity contribution is 0.660. The monoisotopic (exact) mass is 705 g/mol. The van der Waals surface area contributed by atoms with Gasteiger partial charge >= 0.3 is 0 Å².